The Balaban J connectivity index is 2.02. The first-order valence-electron chi connectivity index (χ1n) is 4.24. The molecule has 4 heteroatoms. The van der Waals surface area contributed by atoms with Crippen LogP contribution < -0.4 is 0 Å². The highest BCUT2D eigenvalue weighted by atomic mass is 79.9. The van der Waals surface area contributed by atoms with Crippen molar-refractivity contribution in [3.63, 3.8) is 0 Å². The first-order chi connectivity index (χ1) is 6.25. The van der Waals surface area contributed by atoms with Gasteiger partial charge in [-0.3, -0.25) is 0 Å². The van der Waals surface area contributed by atoms with Crippen molar-refractivity contribution in [3.05, 3.63) is 22.5 Å². The molecule has 1 fully saturated rings. The van der Waals surface area contributed by atoms with Crippen molar-refractivity contribution in [2.75, 3.05) is 13.1 Å². The number of aliphatic imine (C=N–C) groups is 1. The topological polar surface area (TPSA) is 15.6 Å². The number of likely N-dealkylation sites (tertiary alicyclic amines) is 1. The van der Waals surface area contributed by atoms with Crippen LogP contribution in [0.15, 0.2) is 27.4 Å². The normalized spacial score (nSPS) is 23.4. The number of hydrogen-bond donors (Lipinski definition) is 0. The maximum absolute atomic E-state index is 12.6. The SMILES string of the molecule is FC1CN(C2=CCC=C(Br)C=N2)C1. The molecule has 0 spiro atoms. The van der Waals surface area contributed by atoms with Crippen LogP contribution in [0, 0.1) is 0 Å². The molecule has 0 unspecified atom stereocenters. The van der Waals surface area contributed by atoms with Crippen LogP contribution in [0.25, 0.3) is 0 Å². The zero-order valence-corrected chi connectivity index (χ0v) is 8.67. The summed E-state index contributed by atoms with van der Waals surface area (Å²) in [4.78, 5) is 6.19. The van der Waals surface area contributed by atoms with Gasteiger partial charge in [0.15, 0.2) is 0 Å². The Labute approximate surface area is 85.0 Å². The summed E-state index contributed by atoms with van der Waals surface area (Å²) in [6.45, 7) is 0.974. The highest BCUT2D eigenvalue weighted by molar-refractivity contribution is 9.12. The number of hydrogen-bond acceptors (Lipinski definition) is 2. The molecule has 2 nitrogen and oxygen atoms in total. The van der Waals surface area contributed by atoms with Gasteiger partial charge in [-0.1, -0.05) is 6.08 Å². The summed E-state index contributed by atoms with van der Waals surface area (Å²) in [5, 5.41) is 0. The van der Waals surface area contributed by atoms with Crippen molar-refractivity contribution in [2.24, 2.45) is 4.99 Å². The van der Waals surface area contributed by atoms with E-state index in [9.17, 15) is 4.39 Å². The molecule has 70 valence electrons. The summed E-state index contributed by atoms with van der Waals surface area (Å²) in [7, 11) is 0. The molecule has 2 aliphatic heterocycles. The molecule has 0 amide bonds. The van der Waals surface area contributed by atoms with Gasteiger partial charge in [0, 0.05) is 10.7 Å². The van der Waals surface area contributed by atoms with E-state index in [4.69, 9.17) is 0 Å². The monoisotopic (exact) mass is 244 g/mol. The summed E-state index contributed by atoms with van der Waals surface area (Å²) in [5.41, 5.74) is 0. The zero-order chi connectivity index (χ0) is 9.26. The smallest absolute Gasteiger partial charge is 0.135 e. The largest absolute Gasteiger partial charge is 0.351 e. The molecule has 1 saturated heterocycles. The van der Waals surface area contributed by atoms with Gasteiger partial charge in [0.25, 0.3) is 0 Å². The van der Waals surface area contributed by atoms with E-state index in [1.807, 2.05) is 17.1 Å². The van der Waals surface area contributed by atoms with Gasteiger partial charge in [0.1, 0.15) is 12.0 Å². The first-order valence-corrected chi connectivity index (χ1v) is 5.04. The number of alkyl halides is 1. The Hall–Kier alpha value is -0.640. The molecule has 13 heavy (non-hydrogen) atoms. The molecule has 0 N–H and O–H groups in total. The van der Waals surface area contributed by atoms with E-state index in [1.54, 1.807) is 6.21 Å². The number of allylic oxidation sites excluding steroid dienone is 3. The Bertz CT molecular complexity index is 290. The first kappa shape index (κ1) is 8.94. The van der Waals surface area contributed by atoms with E-state index in [0.29, 0.717) is 13.1 Å². The number of rotatable bonds is 1. The van der Waals surface area contributed by atoms with Crippen LogP contribution in [0.4, 0.5) is 4.39 Å². The van der Waals surface area contributed by atoms with Crippen LogP contribution in [0.1, 0.15) is 6.42 Å². The van der Waals surface area contributed by atoms with Crippen molar-refractivity contribution >= 4 is 22.1 Å². The predicted octanol–water partition coefficient (Wildman–Crippen LogP) is 2.23. The summed E-state index contributed by atoms with van der Waals surface area (Å²) in [6, 6.07) is 0. The molecule has 0 bridgehead atoms. The van der Waals surface area contributed by atoms with Gasteiger partial charge in [-0.15, -0.1) is 0 Å². The predicted molar refractivity (Wildman–Crippen MR) is 54.7 cm³/mol. The standard InChI is InChI=1S/C9H10BrFN2/c10-7-2-1-3-9(12-4-7)13-5-8(11)6-13/h2-4,8H,1,5-6H2. The van der Waals surface area contributed by atoms with Crippen LogP contribution in [-0.4, -0.2) is 30.4 Å². The molecule has 0 aromatic rings. The van der Waals surface area contributed by atoms with Crippen molar-refractivity contribution in [1.82, 2.24) is 4.90 Å². The average Bonchev–Trinajstić information content (AvgIpc) is 2.25. The highest BCUT2D eigenvalue weighted by Crippen LogP contribution is 2.21. The van der Waals surface area contributed by atoms with Crippen molar-refractivity contribution in [3.8, 4) is 0 Å². The molecule has 0 aromatic heterocycles. The minimum Gasteiger partial charge on any atom is -0.351 e. The summed E-state index contributed by atoms with van der Waals surface area (Å²) < 4.78 is 13.5. The van der Waals surface area contributed by atoms with E-state index in [-0.39, 0.29) is 0 Å². The minimum absolute atomic E-state index is 0.487. The summed E-state index contributed by atoms with van der Waals surface area (Å²) in [5.74, 6) is 0.889. The Morgan fingerprint density at radius 2 is 2.23 bits per heavy atom. The summed E-state index contributed by atoms with van der Waals surface area (Å²) in [6.07, 6.45) is 5.98. The third kappa shape index (κ3) is 1.99. The van der Waals surface area contributed by atoms with Crippen molar-refractivity contribution in [1.29, 1.82) is 0 Å². The quantitative estimate of drug-likeness (QED) is 0.691. The fraction of sp³-hybridized carbons (Fsp3) is 0.444. The zero-order valence-electron chi connectivity index (χ0n) is 7.08. The second-order valence-corrected chi connectivity index (χ2v) is 4.06. The van der Waals surface area contributed by atoms with E-state index in [0.717, 1.165) is 16.7 Å². The lowest BCUT2D eigenvalue weighted by Crippen LogP contribution is -2.47. The number of nitrogens with zero attached hydrogens (tertiary/aromatic N) is 2. The van der Waals surface area contributed by atoms with Crippen LogP contribution in [0.3, 0.4) is 0 Å². The van der Waals surface area contributed by atoms with Crippen molar-refractivity contribution in [2.45, 2.75) is 12.6 Å². The van der Waals surface area contributed by atoms with Crippen LogP contribution in [-0.2, 0) is 0 Å². The lowest BCUT2D eigenvalue weighted by atomic mass is 10.2. The fourth-order valence-corrected chi connectivity index (χ4v) is 1.62. The lowest BCUT2D eigenvalue weighted by molar-refractivity contribution is 0.0970. The second kappa shape index (κ2) is 3.62. The molecule has 0 aromatic carbocycles. The van der Waals surface area contributed by atoms with E-state index in [1.165, 1.54) is 0 Å². The Morgan fingerprint density at radius 1 is 1.46 bits per heavy atom. The van der Waals surface area contributed by atoms with E-state index < -0.39 is 6.17 Å². The van der Waals surface area contributed by atoms with Gasteiger partial charge < -0.3 is 4.90 Å². The van der Waals surface area contributed by atoms with Crippen LogP contribution in [0.5, 0.6) is 0 Å². The second-order valence-electron chi connectivity index (χ2n) is 3.15. The maximum Gasteiger partial charge on any atom is 0.135 e. The van der Waals surface area contributed by atoms with Crippen LogP contribution >= 0.6 is 15.9 Å². The highest BCUT2D eigenvalue weighted by Gasteiger charge is 2.27. The van der Waals surface area contributed by atoms with Gasteiger partial charge in [0.2, 0.25) is 0 Å². The van der Waals surface area contributed by atoms with E-state index in [2.05, 4.69) is 20.9 Å². The Morgan fingerprint density at radius 3 is 2.92 bits per heavy atom. The molecule has 0 saturated carbocycles. The maximum atomic E-state index is 12.6. The average molecular weight is 245 g/mol. The molecule has 2 aliphatic rings. The fourth-order valence-electron chi connectivity index (χ4n) is 1.33. The minimum atomic E-state index is -0.671. The molecule has 0 atom stereocenters. The molecule has 0 radical (unpaired) electrons. The van der Waals surface area contributed by atoms with Gasteiger partial charge in [-0.05, 0) is 28.4 Å². The third-order valence-electron chi connectivity index (χ3n) is 2.09. The molecule has 0 aliphatic carbocycles. The molecular weight excluding hydrogens is 235 g/mol. The van der Waals surface area contributed by atoms with Gasteiger partial charge in [0.05, 0.1) is 13.1 Å². The van der Waals surface area contributed by atoms with E-state index >= 15 is 0 Å². The summed E-state index contributed by atoms with van der Waals surface area (Å²) >= 11 is 3.35. The lowest BCUT2D eigenvalue weighted by Gasteiger charge is -2.36. The molecule has 2 heterocycles. The Kier molecular flexibility index (Phi) is 2.49. The molecule has 2 rings (SSSR count). The van der Waals surface area contributed by atoms with Gasteiger partial charge >= 0.3 is 0 Å². The van der Waals surface area contributed by atoms with Gasteiger partial charge in [-0.2, -0.15) is 0 Å². The van der Waals surface area contributed by atoms with Gasteiger partial charge in [-0.25, -0.2) is 9.38 Å². The number of halogens is 2. The van der Waals surface area contributed by atoms with Crippen LogP contribution in [0.2, 0.25) is 0 Å². The van der Waals surface area contributed by atoms with Crippen molar-refractivity contribution < 1.29 is 4.39 Å². The molecular formula is C9H10BrFN2. The third-order valence-corrected chi connectivity index (χ3v) is 2.62.